The highest BCUT2D eigenvalue weighted by molar-refractivity contribution is 7.93. The van der Waals surface area contributed by atoms with Crippen LogP contribution in [0.25, 0.3) is 0 Å². The van der Waals surface area contributed by atoms with E-state index in [0.717, 1.165) is 0 Å². The summed E-state index contributed by atoms with van der Waals surface area (Å²) in [6, 6.07) is 0. The molecule has 0 bridgehead atoms. The van der Waals surface area contributed by atoms with Gasteiger partial charge in [-0.25, -0.2) is 8.42 Å². The van der Waals surface area contributed by atoms with Crippen molar-refractivity contribution in [1.29, 1.82) is 0 Å². The van der Waals surface area contributed by atoms with Gasteiger partial charge < -0.3 is 0 Å². The second-order valence-electron chi connectivity index (χ2n) is 1.99. The summed E-state index contributed by atoms with van der Waals surface area (Å²) < 4.78 is 54.8. The summed E-state index contributed by atoms with van der Waals surface area (Å²) in [4.78, 5) is 10.0. The Hall–Kier alpha value is -0.850. The number of carbonyl (C=O) groups excluding carboxylic acids is 1. The molecule has 0 amide bonds. The summed E-state index contributed by atoms with van der Waals surface area (Å²) in [6.45, 7) is 0. The number of allylic oxidation sites excluding steroid dienone is 1. The van der Waals surface area contributed by atoms with Gasteiger partial charge in [-0.2, -0.15) is 13.2 Å². The molecule has 0 aromatic heterocycles. The van der Waals surface area contributed by atoms with E-state index in [9.17, 15) is 26.4 Å². The Morgan fingerprint density at radius 1 is 1.33 bits per heavy atom. The van der Waals surface area contributed by atoms with Crippen LogP contribution in [0.3, 0.4) is 0 Å². The molecule has 70 valence electrons. The third-order valence-corrected chi connectivity index (χ3v) is 1.38. The highest BCUT2D eigenvalue weighted by Gasteiger charge is 2.36. The van der Waals surface area contributed by atoms with Gasteiger partial charge in [-0.15, -0.1) is 0 Å². The van der Waals surface area contributed by atoms with Gasteiger partial charge in [0.05, 0.1) is 0 Å². The number of carbonyl (C=O) groups is 1. The fraction of sp³-hybridized carbons (Fsp3) is 0.400. The van der Waals surface area contributed by atoms with Crippen molar-refractivity contribution in [2.24, 2.45) is 0 Å². The fourth-order valence-electron chi connectivity index (χ4n) is 0.280. The lowest BCUT2D eigenvalue weighted by atomic mass is 10.4. The summed E-state index contributed by atoms with van der Waals surface area (Å²) in [5.41, 5.74) is 0. The zero-order valence-electron chi connectivity index (χ0n) is 5.92. The van der Waals surface area contributed by atoms with Crippen molar-refractivity contribution in [3.05, 3.63) is 11.5 Å². The van der Waals surface area contributed by atoms with Crippen molar-refractivity contribution in [1.82, 2.24) is 0 Å². The third-order valence-electron chi connectivity index (χ3n) is 0.746. The van der Waals surface area contributed by atoms with Gasteiger partial charge in [0, 0.05) is 17.7 Å². The minimum Gasteiger partial charge on any atom is -0.285 e. The van der Waals surface area contributed by atoms with Crippen molar-refractivity contribution < 1.29 is 26.4 Å². The summed E-state index contributed by atoms with van der Waals surface area (Å²) >= 11 is 0. The third kappa shape index (κ3) is 4.89. The van der Waals surface area contributed by atoms with E-state index < -0.39 is 21.8 Å². The molecule has 12 heavy (non-hydrogen) atoms. The molecule has 0 aromatic rings. The molecule has 0 spiro atoms. The summed E-state index contributed by atoms with van der Waals surface area (Å²) in [5, 5.41) is 0.211. The van der Waals surface area contributed by atoms with Crippen molar-refractivity contribution in [3.8, 4) is 0 Å². The standard InChI is InChI=1S/C5H5F3O3S/c1-12(10,11)3-2-4(9)5(6,7)8/h2-3H,1H3/b3-2+. The first kappa shape index (κ1) is 11.2. The number of ketones is 1. The molecule has 0 N–H and O–H groups in total. The second-order valence-corrected chi connectivity index (χ2v) is 3.93. The monoisotopic (exact) mass is 202 g/mol. The van der Waals surface area contributed by atoms with Crippen LogP contribution in [0.4, 0.5) is 13.2 Å². The predicted molar refractivity (Wildman–Crippen MR) is 35.0 cm³/mol. The van der Waals surface area contributed by atoms with E-state index in [4.69, 9.17) is 0 Å². The molecular weight excluding hydrogens is 197 g/mol. The van der Waals surface area contributed by atoms with E-state index in [-0.39, 0.29) is 11.5 Å². The zero-order valence-corrected chi connectivity index (χ0v) is 6.74. The molecule has 0 atom stereocenters. The minimum atomic E-state index is -5.01. The van der Waals surface area contributed by atoms with Gasteiger partial charge in [0.25, 0.3) is 5.78 Å². The van der Waals surface area contributed by atoms with Crippen LogP contribution in [0.15, 0.2) is 11.5 Å². The first-order chi connectivity index (χ1) is 5.13. The normalized spacial score (nSPS) is 13.7. The number of rotatable bonds is 2. The predicted octanol–water partition coefficient (Wildman–Crippen LogP) is 0.676. The second kappa shape index (κ2) is 3.26. The van der Waals surface area contributed by atoms with Crippen molar-refractivity contribution in [2.75, 3.05) is 6.26 Å². The van der Waals surface area contributed by atoms with Crippen LogP contribution < -0.4 is 0 Å². The lowest BCUT2D eigenvalue weighted by Gasteiger charge is -1.98. The lowest BCUT2D eigenvalue weighted by Crippen LogP contribution is -2.20. The molecule has 0 saturated heterocycles. The quantitative estimate of drug-likeness (QED) is 0.618. The molecule has 0 aliphatic rings. The lowest BCUT2D eigenvalue weighted by molar-refractivity contribution is -0.165. The number of alkyl halides is 3. The number of hydrogen-bond donors (Lipinski definition) is 0. The van der Waals surface area contributed by atoms with E-state index in [1.807, 2.05) is 0 Å². The number of hydrogen-bond acceptors (Lipinski definition) is 3. The van der Waals surface area contributed by atoms with E-state index in [1.54, 1.807) is 0 Å². The van der Waals surface area contributed by atoms with Crippen molar-refractivity contribution in [2.45, 2.75) is 6.18 Å². The smallest absolute Gasteiger partial charge is 0.285 e. The van der Waals surface area contributed by atoms with Gasteiger partial charge in [-0.3, -0.25) is 4.79 Å². The van der Waals surface area contributed by atoms with Gasteiger partial charge in [-0.1, -0.05) is 0 Å². The summed E-state index contributed by atoms with van der Waals surface area (Å²) in [7, 11) is -3.68. The largest absolute Gasteiger partial charge is 0.454 e. The Kier molecular flexibility index (Phi) is 3.03. The first-order valence-electron chi connectivity index (χ1n) is 2.62. The van der Waals surface area contributed by atoms with E-state index in [2.05, 4.69) is 0 Å². The van der Waals surface area contributed by atoms with E-state index >= 15 is 0 Å². The molecule has 3 nitrogen and oxygen atoms in total. The van der Waals surface area contributed by atoms with E-state index in [0.29, 0.717) is 6.26 Å². The van der Waals surface area contributed by atoms with Crippen molar-refractivity contribution in [3.63, 3.8) is 0 Å². The Labute approximate surface area is 66.8 Å². The van der Waals surface area contributed by atoms with Crippen LogP contribution in [0.2, 0.25) is 0 Å². The van der Waals surface area contributed by atoms with Crippen LogP contribution in [0, 0.1) is 0 Å². The Balaban J connectivity index is 4.52. The maximum atomic E-state index is 11.4. The van der Waals surface area contributed by atoms with Gasteiger partial charge >= 0.3 is 6.18 Å². The van der Waals surface area contributed by atoms with Crippen LogP contribution in [0.5, 0.6) is 0 Å². The molecule has 0 saturated carbocycles. The maximum Gasteiger partial charge on any atom is 0.454 e. The SMILES string of the molecule is CS(=O)(=O)/C=C/C(=O)C(F)(F)F. The Bertz CT molecular complexity index is 298. The number of sulfone groups is 1. The molecule has 0 radical (unpaired) electrons. The van der Waals surface area contributed by atoms with E-state index in [1.165, 1.54) is 0 Å². The Morgan fingerprint density at radius 3 is 2.00 bits per heavy atom. The molecule has 0 heterocycles. The molecule has 0 fully saturated rings. The minimum absolute atomic E-state index is 0.0185. The van der Waals surface area contributed by atoms with Crippen LogP contribution in [-0.4, -0.2) is 26.6 Å². The van der Waals surface area contributed by atoms with Crippen LogP contribution in [-0.2, 0) is 14.6 Å². The maximum absolute atomic E-state index is 11.4. The molecule has 7 heteroatoms. The molecule has 0 unspecified atom stereocenters. The molecule has 0 aliphatic heterocycles. The number of halogens is 3. The average molecular weight is 202 g/mol. The molecule has 0 aliphatic carbocycles. The van der Waals surface area contributed by atoms with Crippen molar-refractivity contribution >= 4 is 15.6 Å². The van der Waals surface area contributed by atoms with Crippen LogP contribution >= 0.6 is 0 Å². The zero-order chi connectivity index (χ0) is 9.99. The van der Waals surface area contributed by atoms with Gasteiger partial charge in [0.15, 0.2) is 9.84 Å². The van der Waals surface area contributed by atoms with Crippen LogP contribution in [0.1, 0.15) is 0 Å². The molecular formula is C5H5F3O3S. The topological polar surface area (TPSA) is 51.2 Å². The Morgan fingerprint density at radius 2 is 1.75 bits per heavy atom. The fourth-order valence-corrected chi connectivity index (χ4v) is 0.651. The van der Waals surface area contributed by atoms with Gasteiger partial charge in [-0.05, 0) is 0 Å². The highest BCUT2D eigenvalue weighted by Crippen LogP contribution is 2.16. The molecule has 0 rings (SSSR count). The average Bonchev–Trinajstić information content (AvgIpc) is 1.78. The summed E-state index contributed by atoms with van der Waals surface area (Å²) in [5.74, 6) is -2.19. The highest BCUT2D eigenvalue weighted by atomic mass is 32.2. The molecule has 0 aromatic carbocycles. The first-order valence-corrected chi connectivity index (χ1v) is 4.57. The summed E-state index contributed by atoms with van der Waals surface area (Å²) in [6.07, 6.45) is -4.34. The van der Waals surface area contributed by atoms with Gasteiger partial charge in [0.2, 0.25) is 0 Å². The van der Waals surface area contributed by atoms with Gasteiger partial charge in [0.1, 0.15) is 0 Å².